The lowest BCUT2D eigenvalue weighted by Crippen LogP contribution is -2.14. The van der Waals surface area contributed by atoms with E-state index in [1.54, 1.807) is 30.1 Å². The second kappa shape index (κ2) is 7.61. The van der Waals surface area contributed by atoms with Gasteiger partial charge in [-0.1, -0.05) is 29.3 Å². The van der Waals surface area contributed by atoms with Gasteiger partial charge in [-0.3, -0.25) is 4.68 Å². The molecule has 2 aromatic rings. The molecule has 1 unspecified atom stereocenters. The van der Waals surface area contributed by atoms with E-state index < -0.39 is 6.10 Å². The normalized spacial score (nSPS) is 12.6. The number of aliphatic hydroxyl groups excluding tert-OH is 1. The molecule has 0 radical (unpaired) electrons. The Balaban J connectivity index is 2.17. The van der Waals surface area contributed by atoms with Crippen LogP contribution in [0, 0.1) is 0 Å². The third-order valence-electron chi connectivity index (χ3n) is 3.07. The Bertz CT molecular complexity index is 619. The number of nitrogens with zero attached hydrogens (tertiary/aromatic N) is 2. The van der Waals surface area contributed by atoms with Crippen molar-refractivity contribution in [3.8, 4) is 0 Å². The minimum Gasteiger partial charge on any atom is -0.386 e. The van der Waals surface area contributed by atoms with Crippen LogP contribution in [-0.2, 0) is 17.7 Å². The summed E-state index contributed by atoms with van der Waals surface area (Å²) >= 11 is 15.3. The average Bonchev–Trinajstić information content (AvgIpc) is 2.81. The van der Waals surface area contributed by atoms with Crippen molar-refractivity contribution in [3.63, 3.8) is 0 Å². The highest BCUT2D eigenvalue weighted by Crippen LogP contribution is 2.28. The zero-order valence-electron chi connectivity index (χ0n) is 11.4. The number of hydrogen-bond donors (Lipinski definition) is 1. The van der Waals surface area contributed by atoms with E-state index in [1.807, 2.05) is 6.07 Å². The largest absolute Gasteiger partial charge is 0.386 e. The lowest BCUT2D eigenvalue weighted by molar-refractivity contribution is 0.152. The Labute approximate surface area is 141 Å². The summed E-state index contributed by atoms with van der Waals surface area (Å²) in [7, 11) is 1.63. The van der Waals surface area contributed by atoms with Crippen LogP contribution in [0.3, 0.4) is 0 Å². The van der Waals surface area contributed by atoms with E-state index in [9.17, 15) is 5.11 Å². The van der Waals surface area contributed by atoms with Crippen LogP contribution in [0.25, 0.3) is 0 Å². The molecule has 0 bridgehead atoms. The van der Waals surface area contributed by atoms with Crippen LogP contribution in [0.4, 0.5) is 0 Å². The number of hydrogen-bond acceptors (Lipinski definition) is 3. The number of ether oxygens (including phenoxy) is 1. The quantitative estimate of drug-likeness (QED) is 0.810. The second-order valence-corrected chi connectivity index (χ2v) is 6.23. The monoisotopic (exact) mass is 392 g/mol. The molecule has 0 saturated carbocycles. The minimum absolute atomic E-state index is 0.425. The van der Waals surface area contributed by atoms with Crippen molar-refractivity contribution in [1.29, 1.82) is 0 Å². The van der Waals surface area contributed by atoms with E-state index in [0.29, 0.717) is 29.6 Å². The molecule has 0 saturated heterocycles. The minimum atomic E-state index is -0.698. The van der Waals surface area contributed by atoms with Gasteiger partial charge in [0, 0.05) is 13.5 Å². The van der Waals surface area contributed by atoms with Crippen LogP contribution >= 0.6 is 39.1 Å². The molecule has 0 aliphatic carbocycles. The van der Waals surface area contributed by atoms with Crippen molar-refractivity contribution >= 4 is 39.1 Å². The standard InChI is InChI=1S/C14H15BrCl2N2O2/c1-21-5-4-19-14(10(15)8-18-19)13(20)7-9-2-3-11(16)12(17)6-9/h2-3,6,8,13,20H,4-5,7H2,1H3. The van der Waals surface area contributed by atoms with Gasteiger partial charge in [-0.05, 0) is 33.6 Å². The number of aliphatic hydroxyl groups is 1. The van der Waals surface area contributed by atoms with Crippen LogP contribution < -0.4 is 0 Å². The molecule has 0 aliphatic heterocycles. The summed E-state index contributed by atoms with van der Waals surface area (Å²) < 4.78 is 7.55. The van der Waals surface area contributed by atoms with Gasteiger partial charge in [0.2, 0.25) is 0 Å². The van der Waals surface area contributed by atoms with E-state index >= 15 is 0 Å². The van der Waals surface area contributed by atoms with Crippen molar-refractivity contribution in [2.45, 2.75) is 19.1 Å². The lowest BCUT2D eigenvalue weighted by Gasteiger charge is -2.14. The fourth-order valence-corrected chi connectivity index (χ4v) is 2.93. The molecule has 2 rings (SSSR count). The number of methoxy groups -OCH3 is 1. The van der Waals surface area contributed by atoms with E-state index in [0.717, 1.165) is 15.7 Å². The topological polar surface area (TPSA) is 47.3 Å². The van der Waals surface area contributed by atoms with Gasteiger partial charge in [0.25, 0.3) is 0 Å². The summed E-state index contributed by atoms with van der Waals surface area (Å²) in [5.41, 5.74) is 1.63. The molecule has 0 fully saturated rings. The van der Waals surface area contributed by atoms with Gasteiger partial charge in [0.05, 0.1) is 39.6 Å². The summed E-state index contributed by atoms with van der Waals surface area (Å²) in [6.07, 6.45) is 1.40. The van der Waals surface area contributed by atoms with Gasteiger partial charge in [-0.15, -0.1) is 0 Å². The maximum Gasteiger partial charge on any atom is 0.101 e. The first-order valence-electron chi connectivity index (χ1n) is 6.35. The van der Waals surface area contributed by atoms with Crippen molar-refractivity contribution in [2.24, 2.45) is 0 Å². The summed E-state index contributed by atoms with van der Waals surface area (Å²) in [5, 5.41) is 15.7. The summed E-state index contributed by atoms with van der Waals surface area (Å²) in [6, 6.07) is 5.33. The molecule has 1 atom stereocenters. The van der Waals surface area contributed by atoms with E-state index in [2.05, 4.69) is 21.0 Å². The summed E-state index contributed by atoms with van der Waals surface area (Å²) in [4.78, 5) is 0. The maximum atomic E-state index is 10.5. The smallest absolute Gasteiger partial charge is 0.101 e. The predicted octanol–water partition coefficient (Wildman–Crippen LogP) is 3.87. The van der Waals surface area contributed by atoms with Crippen LogP contribution in [0.2, 0.25) is 10.0 Å². The highest BCUT2D eigenvalue weighted by molar-refractivity contribution is 9.10. The molecular formula is C14H15BrCl2N2O2. The number of rotatable bonds is 6. The fraction of sp³-hybridized carbons (Fsp3) is 0.357. The number of benzene rings is 1. The molecule has 21 heavy (non-hydrogen) atoms. The van der Waals surface area contributed by atoms with Gasteiger partial charge in [-0.2, -0.15) is 5.10 Å². The Kier molecular flexibility index (Phi) is 6.08. The van der Waals surface area contributed by atoms with E-state index in [1.165, 1.54) is 0 Å². The lowest BCUT2D eigenvalue weighted by atomic mass is 10.1. The van der Waals surface area contributed by atoms with Crippen LogP contribution in [0.15, 0.2) is 28.9 Å². The van der Waals surface area contributed by atoms with E-state index in [-0.39, 0.29) is 0 Å². The van der Waals surface area contributed by atoms with Gasteiger partial charge in [0.1, 0.15) is 6.10 Å². The zero-order valence-corrected chi connectivity index (χ0v) is 14.5. The van der Waals surface area contributed by atoms with Crippen LogP contribution in [0.5, 0.6) is 0 Å². The van der Waals surface area contributed by atoms with Crippen molar-refractivity contribution < 1.29 is 9.84 Å². The van der Waals surface area contributed by atoms with Gasteiger partial charge < -0.3 is 9.84 Å². The highest BCUT2D eigenvalue weighted by atomic mass is 79.9. The Morgan fingerprint density at radius 2 is 2.14 bits per heavy atom. The molecule has 4 nitrogen and oxygen atoms in total. The van der Waals surface area contributed by atoms with Crippen molar-refractivity contribution in [2.75, 3.05) is 13.7 Å². The summed E-state index contributed by atoms with van der Waals surface area (Å²) in [5.74, 6) is 0. The molecule has 0 spiro atoms. The molecule has 1 heterocycles. The highest BCUT2D eigenvalue weighted by Gasteiger charge is 2.18. The Hall–Kier alpha value is -0.590. The Morgan fingerprint density at radius 3 is 2.81 bits per heavy atom. The predicted molar refractivity (Wildman–Crippen MR) is 86.9 cm³/mol. The molecule has 1 N–H and O–H groups in total. The van der Waals surface area contributed by atoms with Gasteiger partial charge in [0.15, 0.2) is 0 Å². The molecule has 0 amide bonds. The molecule has 1 aromatic carbocycles. The summed E-state index contributed by atoms with van der Waals surface area (Å²) in [6.45, 7) is 1.11. The second-order valence-electron chi connectivity index (χ2n) is 4.56. The number of halogens is 3. The number of aromatic nitrogens is 2. The average molecular weight is 394 g/mol. The van der Waals surface area contributed by atoms with Crippen molar-refractivity contribution in [1.82, 2.24) is 9.78 Å². The van der Waals surface area contributed by atoms with Crippen LogP contribution in [-0.4, -0.2) is 28.6 Å². The molecule has 7 heteroatoms. The van der Waals surface area contributed by atoms with E-state index in [4.69, 9.17) is 27.9 Å². The first-order valence-corrected chi connectivity index (χ1v) is 7.90. The van der Waals surface area contributed by atoms with Gasteiger partial charge in [-0.25, -0.2) is 0 Å². The SMILES string of the molecule is COCCn1ncc(Br)c1C(O)Cc1ccc(Cl)c(Cl)c1. The van der Waals surface area contributed by atoms with Crippen LogP contribution in [0.1, 0.15) is 17.4 Å². The molecular weight excluding hydrogens is 379 g/mol. The first kappa shape index (κ1) is 16.8. The molecule has 0 aliphatic rings. The fourth-order valence-electron chi connectivity index (χ4n) is 2.05. The third kappa shape index (κ3) is 4.20. The molecule has 114 valence electrons. The first-order chi connectivity index (χ1) is 10.0. The maximum absolute atomic E-state index is 10.5. The van der Waals surface area contributed by atoms with Crippen molar-refractivity contribution in [3.05, 3.63) is 50.2 Å². The van der Waals surface area contributed by atoms with Gasteiger partial charge >= 0.3 is 0 Å². The zero-order chi connectivity index (χ0) is 15.4. The molecule has 1 aromatic heterocycles. The third-order valence-corrected chi connectivity index (χ3v) is 4.42. The Morgan fingerprint density at radius 1 is 1.38 bits per heavy atom.